The minimum Gasteiger partial charge on any atom is -0.152 e. The van der Waals surface area contributed by atoms with E-state index < -0.39 is 0 Å². The molecule has 0 saturated carbocycles. The molecule has 4 heteroatoms. The van der Waals surface area contributed by atoms with Crippen LogP contribution < -0.4 is 0 Å². The largest absolute Gasteiger partial charge is 0.152 e. The van der Waals surface area contributed by atoms with E-state index in [9.17, 15) is 0 Å². The van der Waals surface area contributed by atoms with Crippen LogP contribution in [0, 0.1) is 0 Å². The van der Waals surface area contributed by atoms with Crippen molar-refractivity contribution < 1.29 is 0 Å². The first kappa shape index (κ1) is 15.2. The van der Waals surface area contributed by atoms with Crippen LogP contribution in [0.4, 0.5) is 0 Å². The normalized spacial score (nSPS) is 11.0. The average Bonchev–Trinajstić information content (AvgIpc) is 3.29. The van der Waals surface area contributed by atoms with Gasteiger partial charge in [-0.3, -0.25) is 0 Å². The van der Waals surface area contributed by atoms with Gasteiger partial charge in [-0.25, -0.2) is 0 Å². The van der Waals surface area contributed by atoms with Crippen molar-refractivity contribution in [2.24, 2.45) is 0 Å². The number of hydrogen-bond acceptors (Lipinski definition) is 3. The summed E-state index contributed by atoms with van der Waals surface area (Å²) in [6.07, 6.45) is 0.972. The molecule has 0 fully saturated rings. The van der Waals surface area contributed by atoms with Crippen LogP contribution in [0.25, 0.3) is 20.9 Å². The highest BCUT2D eigenvalue weighted by Gasteiger charge is 2.14. The van der Waals surface area contributed by atoms with Crippen LogP contribution in [0.1, 0.15) is 10.4 Å². The zero-order valence-electron chi connectivity index (χ0n) is 12.2. The first-order valence-electron chi connectivity index (χ1n) is 7.23. The van der Waals surface area contributed by atoms with E-state index in [4.69, 9.17) is 11.6 Å². The summed E-state index contributed by atoms with van der Waals surface area (Å²) in [6.45, 7) is 0. The van der Waals surface area contributed by atoms with Gasteiger partial charge in [0.05, 0.1) is 0 Å². The number of thiophene rings is 3. The lowest BCUT2D eigenvalue weighted by Gasteiger charge is -2.03. The standard InChI is InChI=1S/C19H13ClS3/c20-16-4-1-3-13(9-16)19-15(10-17-5-2-7-22-17)11-18(23-19)14-6-8-21-12-14/h1-9,11-12H,10H2. The van der Waals surface area contributed by atoms with Gasteiger partial charge in [0, 0.05) is 31.6 Å². The summed E-state index contributed by atoms with van der Waals surface area (Å²) in [6, 6.07) is 17.0. The van der Waals surface area contributed by atoms with E-state index in [-0.39, 0.29) is 0 Å². The fourth-order valence-electron chi connectivity index (χ4n) is 2.58. The summed E-state index contributed by atoms with van der Waals surface area (Å²) < 4.78 is 0. The Morgan fingerprint density at radius 3 is 2.61 bits per heavy atom. The Labute approximate surface area is 152 Å². The van der Waals surface area contributed by atoms with Crippen LogP contribution in [-0.2, 0) is 6.42 Å². The zero-order valence-corrected chi connectivity index (χ0v) is 15.4. The quantitative estimate of drug-likeness (QED) is 0.349. The van der Waals surface area contributed by atoms with Crippen molar-refractivity contribution in [3.63, 3.8) is 0 Å². The molecular weight excluding hydrogens is 360 g/mol. The Morgan fingerprint density at radius 1 is 0.913 bits per heavy atom. The van der Waals surface area contributed by atoms with Crippen molar-refractivity contribution in [3.8, 4) is 20.9 Å². The Balaban J connectivity index is 1.81. The van der Waals surface area contributed by atoms with E-state index in [0.29, 0.717) is 0 Å². The van der Waals surface area contributed by atoms with Crippen molar-refractivity contribution >= 4 is 45.6 Å². The number of rotatable bonds is 4. The van der Waals surface area contributed by atoms with Gasteiger partial charge in [-0.2, -0.15) is 11.3 Å². The molecule has 4 rings (SSSR count). The zero-order chi connectivity index (χ0) is 15.6. The van der Waals surface area contributed by atoms with Crippen LogP contribution >= 0.6 is 45.6 Å². The Morgan fingerprint density at radius 2 is 1.87 bits per heavy atom. The van der Waals surface area contributed by atoms with Gasteiger partial charge in [0.15, 0.2) is 0 Å². The Hall–Kier alpha value is -1.39. The van der Waals surface area contributed by atoms with E-state index >= 15 is 0 Å². The van der Waals surface area contributed by atoms with Gasteiger partial charge in [0.2, 0.25) is 0 Å². The smallest absolute Gasteiger partial charge is 0.0412 e. The summed E-state index contributed by atoms with van der Waals surface area (Å²) >= 11 is 11.6. The van der Waals surface area contributed by atoms with Crippen LogP contribution in [0.3, 0.4) is 0 Å². The summed E-state index contributed by atoms with van der Waals surface area (Å²) in [5, 5.41) is 7.27. The summed E-state index contributed by atoms with van der Waals surface area (Å²) in [5.41, 5.74) is 3.89. The van der Waals surface area contributed by atoms with Crippen molar-refractivity contribution in [2.75, 3.05) is 0 Å². The molecule has 4 aromatic rings. The highest BCUT2D eigenvalue weighted by molar-refractivity contribution is 7.19. The van der Waals surface area contributed by atoms with Crippen LogP contribution in [0.5, 0.6) is 0 Å². The van der Waals surface area contributed by atoms with Crippen LogP contribution in [-0.4, -0.2) is 0 Å². The molecule has 0 aliphatic rings. The number of halogens is 1. The van der Waals surface area contributed by atoms with E-state index in [1.165, 1.54) is 31.3 Å². The average molecular weight is 373 g/mol. The molecule has 0 amide bonds. The van der Waals surface area contributed by atoms with E-state index in [0.717, 1.165) is 11.4 Å². The third kappa shape index (κ3) is 3.29. The second kappa shape index (κ2) is 6.62. The lowest BCUT2D eigenvalue weighted by molar-refractivity contribution is 1.27. The topological polar surface area (TPSA) is 0 Å². The van der Waals surface area contributed by atoms with Gasteiger partial charge in [-0.05, 0) is 57.6 Å². The van der Waals surface area contributed by atoms with E-state index in [1.807, 2.05) is 34.8 Å². The molecule has 0 aliphatic heterocycles. The van der Waals surface area contributed by atoms with Crippen molar-refractivity contribution in [3.05, 3.63) is 80.1 Å². The third-order valence-electron chi connectivity index (χ3n) is 3.65. The van der Waals surface area contributed by atoms with Crippen molar-refractivity contribution in [1.82, 2.24) is 0 Å². The number of benzene rings is 1. The molecular formula is C19H13ClS3. The maximum Gasteiger partial charge on any atom is 0.0412 e. The Bertz CT molecular complexity index is 902. The van der Waals surface area contributed by atoms with Gasteiger partial charge in [-0.1, -0.05) is 29.8 Å². The third-order valence-corrected chi connectivity index (χ3v) is 6.72. The molecule has 3 aromatic heterocycles. The molecule has 0 aliphatic carbocycles. The van der Waals surface area contributed by atoms with Gasteiger partial charge < -0.3 is 0 Å². The fraction of sp³-hybridized carbons (Fsp3) is 0.0526. The van der Waals surface area contributed by atoms with Crippen LogP contribution in [0.15, 0.2) is 64.7 Å². The second-order valence-corrected chi connectivity index (χ2v) is 8.54. The first-order chi connectivity index (χ1) is 11.3. The maximum atomic E-state index is 6.20. The predicted molar refractivity (Wildman–Crippen MR) is 105 cm³/mol. The van der Waals surface area contributed by atoms with Gasteiger partial charge >= 0.3 is 0 Å². The lowest BCUT2D eigenvalue weighted by atomic mass is 10.1. The highest BCUT2D eigenvalue weighted by Crippen LogP contribution is 2.40. The minimum absolute atomic E-state index is 0.787. The predicted octanol–water partition coefficient (Wildman–Crippen LogP) is 7.45. The lowest BCUT2D eigenvalue weighted by Crippen LogP contribution is -1.85. The van der Waals surface area contributed by atoms with E-state index in [1.54, 1.807) is 11.3 Å². The van der Waals surface area contributed by atoms with Crippen molar-refractivity contribution in [2.45, 2.75) is 6.42 Å². The molecule has 0 atom stereocenters. The molecule has 1 aromatic carbocycles. The molecule has 0 saturated heterocycles. The first-order valence-corrected chi connectivity index (χ1v) is 10.2. The Kier molecular flexibility index (Phi) is 4.36. The molecule has 0 unspecified atom stereocenters. The molecule has 0 N–H and O–H groups in total. The fourth-order valence-corrected chi connectivity index (χ4v) is 5.40. The minimum atomic E-state index is 0.787. The van der Waals surface area contributed by atoms with Crippen molar-refractivity contribution in [1.29, 1.82) is 0 Å². The van der Waals surface area contributed by atoms with Crippen LogP contribution in [0.2, 0.25) is 5.02 Å². The highest BCUT2D eigenvalue weighted by atomic mass is 35.5. The summed E-state index contributed by atoms with van der Waals surface area (Å²) in [5.74, 6) is 0. The maximum absolute atomic E-state index is 6.20. The number of hydrogen-bond donors (Lipinski definition) is 0. The molecule has 3 heterocycles. The molecule has 0 radical (unpaired) electrons. The SMILES string of the molecule is Clc1cccc(-c2sc(-c3ccsc3)cc2Cc2cccs2)c1. The van der Waals surface area contributed by atoms with Gasteiger partial charge in [-0.15, -0.1) is 22.7 Å². The van der Waals surface area contributed by atoms with E-state index in [2.05, 4.69) is 52.5 Å². The van der Waals surface area contributed by atoms with Gasteiger partial charge in [0.1, 0.15) is 0 Å². The van der Waals surface area contributed by atoms with Gasteiger partial charge in [0.25, 0.3) is 0 Å². The molecule has 0 bridgehead atoms. The summed E-state index contributed by atoms with van der Waals surface area (Å²) in [4.78, 5) is 4.04. The molecule has 0 spiro atoms. The monoisotopic (exact) mass is 372 g/mol. The molecule has 114 valence electrons. The molecule has 23 heavy (non-hydrogen) atoms. The summed E-state index contributed by atoms with van der Waals surface area (Å²) in [7, 11) is 0. The second-order valence-electron chi connectivity index (χ2n) is 5.24. The molecule has 0 nitrogen and oxygen atoms in total.